The lowest BCUT2D eigenvalue weighted by atomic mass is 10.2. The Morgan fingerprint density at radius 3 is 1.95 bits per heavy atom. The number of hydrogen-bond donors (Lipinski definition) is 1. The molecule has 0 aromatic heterocycles. The van der Waals surface area contributed by atoms with Crippen molar-refractivity contribution >= 4 is 17.2 Å². The second-order valence-corrected chi connectivity index (χ2v) is 4.75. The van der Waals surface area contributed by atoms with E-state index in [2.05, 4.69) is 6.92 Å². The Labute approximate surface area is 124 Å². The largest absolute Gasteiger partial charge is 0.494 e. The molecule has 0 aliphatic heterocycles. The lowest BCUT2D eigenvalue weighted by Crippen LogP contribution is -2.08. The average Bonchev–Trinajstić information content (AvgIpc) is 2.47. The minimum atomic E-state index is 0.383. The van der Waals surface area contributed by atoms with E-state index in [0.29, 0.717) is 4.99 Å². The van der Waals surface area contributed by atoms with Crippen molar-refractivity contribution in [1.29, 1.82) is 0 Å². The molecule has 3 nitrogen and oxygen atoms in total. The van der Waals surface area contributed by atoms with E-state index in [9.17, 15) is 0 Å². The van der Waals surface area contributed by atoms with Crippen LogP contribution in [0, 0.1) is 0 Å². The zero-order valence-corrected chi connectivity index (χ0v) is 12.2. The Morgan fingerprint density at radius 1 is 0.950 bits per heavy atom. The van der Waals surface area contributed by atoms with Gasteiger partial charge in [-0.3, -0.25) is 0 Å². The second-order valence-electron chi connectivity index (χ2n) is 4.31. The standard InChI is InChI=1S/C16H17NO2S/c1-2-11-18-13-7-9-15(10-8-13)19-14-5-3-12(4-6-14)16(17)20/h3-10H,2,11H2,1H3,(H2,17,20). The molecular weight excluding hydrogens is 270 g/mol. The first kappa shape index (κ1) is 14.3. The maximum Gasteiger partial charge on any atom is 0.127 e. The first-order valence-corrected chi connectivity index (χ1v) is 6.90. The molecule has 0 aliphatic carbocycles. The third kappa shape index (κ3) is 3.96. The van der Waals surface area contributed by atoms with Crippen molar-refractivity contribution in [2.24, 2.45) is 5.73 Å². The normalized spacial score (nSPS) is 10.1. The van der Waals surface area contributed by atoms with Gasteiger partial charge in [-0.25, -0.2) is 0 Å². The Kier molecular flexibility index (Phi) is 4.96. The molecule has 2 aromatic rings. The van der Waals surface area contributed by atoms with Crippen LogP contribution >= 0.6 is 12.2 Å². The highest BCUT2D eigenvalue weighted by molar-refractivity contribution is 7.80. The summed E-state index contributed by atoms with van der Waals surface area (Å²) in [6, 6.07) is 14.9. The third-order valence-electron chi connectivity index (χ3n) is 2.67. The SMILES string of the molecule is CCCOc1ccc(Oc2ccc(C(N)=S)cc2)cc1. The van der Waals surface area contributed by atoms with Crippen LogP contribution in [-0.4, -0.2) is 11.6 Å². The van der Waals surface area contributed by atoms with Gasteiger partial charge in [0.1, 0.15) is 22.2 Å². The number of benzene rings is 2. The van der Waals surface area contributed by atoms with Crippen molar-refractivity contribution < 1.29 is 9.47 Å². The van der Waals surface area contributed by atoms with E-state index < -0.39 is 0 Å². The van der Waals surface area contributed by atoms with Gasteiger partial charge in [0.05, 0.1) is 6.61 Å². The predicted molar refractivity (Wildman–Crippen MR) is 84.6 cm³/mol. The summed E-state index contributed by atoms with van der Waals surface area (Å²) < 4.78 is 11.3. The Bertz CT molecular complexity index is 564. The molecule has 0 unspecified atom stereocenters. The molecule has 0 atom stereocenters. The highest BCUT2D eigenvalue weighted by atomic mass is 32.1. The lowest BCUT2D eigenvalue weighted by Gasteiger charge is -2.08. The lowest BCUT2D eigenvalue weighted by molar-refractivity contribution is 0.317. The fourth-order valence-corrected chi connectivity index (χ4v) is 1.78. The van der Waals surface area contributed by atoms with Crippen molar-refractivity contribution in [3.63, 3.8) is 0 Å². The smallest absolute Gasteiger partial charge is 0.127 e. The van der Waals surface area contributed by atoms with Gasteiger partial charge in [0.2, 0.25) is 0 Å². The van der Waals surface area contributed by atoms with Crippen molar-refractivity contribution in [3.8, 4) is 17.2 Å². The zero-order valence-electron chi connectivity index (χ0n) is 11.3. The summed E-state index contributed by atoms with van der Waals surface area (Å²) in [6.07, 6.45) is 0.994. The molecule has 4 heteroatoms. The quantitative estimate of drug-likeness (QED) is 0.818. The van der Waals surface area contributed by atoms with Gasteiger partial charge >= 0.3 is 0 Å². The maximum absolute atomic E-state index is 5.73. The Morgan fingerprint density at radius 2 is 1.45 bits per heavy atom. The van der Waals surface area contributed by atoms with E-state index >= 15 is 0 Å². The van der Waals surface area contributed by atoms with Crippen LogP contribution in [-0.2, 0) is 0 Å². The Hall–Kier alpha value is -2.07. The average molecular weight is 287 g/mol. The molecule has 0 bridgehead atoms. The molecule has 0 radical (unpaired) electrons. The van der Waals surface area contributed by atoms with Crippen LogP contribution in [0.25, 0.3) is 0 Å². The molecule has 0 fully saturated rings. The van der Waals surface area contributed by atoms with Crippen LogP contribution < -0.4 is 15.2 Å². The van der Waals surface area contributed by atoms with E-state index in [1.54, 1.807) is 0 Å². The van der Waals surface area contributed by atoms with Crippen LogP contribution in [0.5, 0.6) is 17.2 Å². The molecular formula is C16H17NO2S. The molecule has 0 amide bonds. The fourth-order valence-electron chi connectivity index (χ4n) is 1.65. The molecule has 0 heterocycles. The number of hydrogen-bond acceptors (Lipinski definition) is 3. The summed E-state index contributed by atoms with van der Waals surface area (Å²) in [6.45, 7) is 2.80. The van der Waals surface area contributed by atoms with Crippen LogP contribution in [0.3, 0.4) is 0 Å². The monoisotopic (exact) mass is 287 g/mol. The third-order valence-corrected chi connectivity index (χ3v) is 2.91. The minimum Gasteiger partial charge on any atom is -0.494 e. The van der Waals surface area contributed by atoms with Gasteiger partial charge in [0.25, 0.3) is 0 Å². The number of thiocarbonyl (C=S) groups is 1. The molecule has 0 aliphatic rings. The van der Waals surface area contributed by atoms with E-state index in [1.165, 1.54) is 0 Å². The number of ether oxygens (including phenoxy) is 2. The summed E-state index contributed by atoms with van der Waals surface area (Å²) in [5, 5.41) is 0. The van der Waals surface area contributed by atoms with E-state index in [4.69, 9.17) is 27.4 Å². The first-order valence-electron chi connectivity index (χ1n) is 6.49. The zero-order chi connectivity index (χ0) is 14.4. The topological polar surface area (TPSA) is 44.5 Å². The number of rotatable bonds is 6. The summed E-state index contributed by atoms with van der Waals surface area (Å²) in [4.78, 5) is 0.383. The van der Waals surface area contributed by atoms with Crippen molar-refractivity contribution in [2.75, 3.05) is 6.61 Å². The summed E-state index contributed by atoms with van der Waals surface area (Å²) >= 11 is 4.91. The fraction of sp³-hybridized carbons (Fsp3) is 0.188. The van der Waals surface area contributed by atoms with Crippen LogP contribution in [0.1, 0.15) is 18.9 Å². The number of nitrogens with two attached hydrogens (primary N) is 1. The molecule has 104 valence electrons. The van der Waals surface area contributed by atoms with Gasteiger partial charge in [-0.2, -0.15) is 0 Å². The summed E-state index contributed by atoms with van der Waals surface area (Å²) in [7, 11) is 0. The highest BCUT2D eigenvalue weighted by Crippen LogP contribution is 2.24. The van der Waals surface area contributed by atoms with Gasteiger partial charge in [-0.15, -0.1) is 0 Å². The highest BCUT2D eigenvalue weighted by Gasteiger charge is 2.00. The van der Waals surface area contributed by atoms with Crippen molar-refractivity contribution in [2.45, 2.75) is 13.3 Å². The van der Waals surface area contributed by atoms with Crippen molar-refractivity contribution in [1.82, 2.24) is 0 Å². The maximum atomic E-state index is 5.73. The van der Waals surface area contributed by atoms with E-state index in [-0.39, 0.29) is 0 Å². The van der Waals surface area contributed by atoms with Gasteiger partial charge in [0.15, 0.2) is 0 Å². The molecule has 2 aromatic carbocycles. The van der Waals surface area contributed by atoms with Crippen LogP contribution in [0.4, 0.5) is 0 Å². The van der Waals surface area contributed by atoms with Gasteiger partial charge in [0, 0.05) is 5.56 Å². The van der Waals surface area contributed by atoms with Crippen molar-refractivity contribution in [3.05, 3.63) is 54.1 Å². The van der Waals surface area contributed by atoms with Gasteiger partial charge in [-0.1, -0.05) is 19.1 Å². The predicted octanol–water partition coefficient (Wildman–Crippen LogP) is 3.90. The molecule has 2 N–H and O–H groups in total. The van der Waals surface area contributed by atoms with Gasteiger partial charge < -0.3 is 15.2 Å². The van der Waals surface area contributed by atoms with E-state index in [1.807, 2.05) is 48.5 Å². The molecule has 0 spiro atoms. The van der Waals surface area contributed by atoms with Gasteiger partial charge in [-0.05, 0) is 55.0 Å². The second kappa shape index (κ2) is 6.91. The first-order chi connectivity index (χ1) is 9.69. The summed E-state index contributed by atoms with van der Waals surface area (Å²) in [5.74, 6) is 2.35. The van der Waals surface area contributed by atoms with Crippen LogP contribution in [0.2, 0.25) is 0 Å². The minimum absolute atomic E-state index is 0.383. The van der Waals surface area contributed by atoms with Crippen LogP contribution in [0.15, 0.2) is 48.5 Å². The molecule has 20 heavy (non-hydrogen) atoms. The molecule has 2 rings (SSSR count). The molecule has 0 saturated heterocycles. The Balaban J connectivity index is 2.00. The summed E-state index contributed by atoms with van der Waals surface area (Å²) in [5.41, 5.74) is 6.38. The van der Waals surface area contributed by atoms with E-state index in [0.717, 1.165) is 35.8 Å². The molecule has 0 saturated carbocycles.